The zero-order chi connectivity index (χ0) is 12.8. The SMILES string of the molecule is CC(=O)OCCOCN1C=C(Br)C(O)NC1=O. The van der Waals surface area contributed by atoms with Gasteiger partial charge in [-0.05, 0) is 15.9 Å². The predicted molar refractivity (Wildman–Crippen MR) is 60.8 cm³/mol. The van der Waals surface area contributed by atoms with Gasteiger partial charge in [-0.3, -0.25) is 9.69 Å². The van der Waals surface area contributed by atoms with Crippen LogP contribution < -0.4 is 5.32 Å². The summed E-state index contributed by atoms with van der Waals surface area (Å²) in [6.07, 6.45) is 0.398. The van der Waals surface area contributed by atoms with Gasteiger partial charge in [0.1, 0.15) is 13.3 Å². The average molecular weight is 309 g/mol. The molecule has 0 saturated heterocycles. The minimum Gasteiger partial charge on any atom is -0.463 e. The lowest BCUT2D eigenvalue weighted by molar-refractivity contribution is -0.142. The van der Waals surface area contributed by atoms with Crippen molar-refractivity contribution in [1.82, 2.24) is 10.2 Å². The fourth-order valence-electron chi connectivity index (χ4n) is 1.05. The van der Waals surface area contributed by atoms with E-state index >= 15 is 0 Å². The van der Waals surface area contributed by atoms with E-state index in [1.165, 1.54) is 18.0 Å². The second kappa shape index (κ2) is 6.58. The number of ether oxygens (including phenoxy) is 2. The summed E-state index contributed by atoms with van der Waals surface area (Å²) in [5, 5.41) is 11.6. The fraction of sp³-hybridized carbons (Fsp3) is 0.556. The smallest absolute Gasteiger partial charge is 0.325 e. The lowest BCUT2D eigenvalue weighted by atomic mass is 10.4. The van der Waals surface area contributed by atoms with Gasteiger partial charge >= 0.3 is 12.0 Å². The lowest BCUT2D eigenvalue weighted by Crippen LogP contribution is -2.47. The van der Waals surface area contributed by atoms with Gasteiger partial charge in [-0.15, -0.1) is 0 Å². The Labute approximate surface area is 106 Å². The molecule has 1 unspecified atom stereocenters. The number of carbonyl (C=O) groups excluding carboxylic acids is 2. The summed E-state index contributed by atoms with van der Waals surface area (Å²) < 4.78 is 10.2. The van der Waals surface area contributed by atoms with Crippen molar-refractivity contribution in [3.8, 4) is 0 Å². The maximum Gasteiger partial charge on any atom is 0.325 e. The molecule has 0 fully saturated rings. The number of nitrogens with one attached hydrogen (secondary N) is 1. The Morgan fingerprint density at radius 2 is 2.35 bits per heavy atom. The first kappa shape index (κ1) is 13.9. The number of aliphatic hydroxyl groups is 1. The highest BCUT2D eigenvalue weighted by Crippen LogP contribution is 2.15. The third kappa shape index (κ3) is 4.72. The van der Waals surface area contributed by atoms with Gasteiger partial charge < -0.3 is 19.9 Å². The second-order valence-corrected chi connectivity index (χ2v) is 4.13. The Hall–Kier alpha value is -1.12. The van der Waals surface area contributed by atoms with Crippen molar-refractivity contribution in [2.45, 2.75) is 13.2 Å². The van der Waals surface area contributed by atoms with Crippen LogP contribution >= 0.6 is 15.9 Å². The van der Waals surface area contributed by atoms with E-state index in [0.29, 0.717) is 4.48 Å². The summed E-state index contributed by atoms with van der Waals surface area (Å²) in [7, 11) is 0. The summed E-state index contributed by atoms with van der Waals surface area (Å²) in [4.78, 5) is 23.0. The summed E-state index contributed by atoms with van der Waals surface area (Å²) in [5.74, 6) is -0.380. The summed E-state index contributed by atoms with van der Waals surface area (Å²) in [5.41, 5.74) is 0. The quantitative estimate of drug-likeness (QED) is 0.556. The topological polar surface area (TPSA) is 88.1 Å². The molecule has 1 atom stereocenters. The number of carbonyl (C=O) groups is 2. The molecule has 0 bridgehead atoms. The van der Waals surface area contributed by atoms with E-state index in [-0.39, 0.29) is 25.9 Å². The van der Waals surface area contributed by atoms with Gasteiger partial charge in [-0.2, -0.15) is 0 Å². The molecule has 0 radical (unpaired) electrons. The predicted octanol–water partition coefficient (Wildman–Crippen LogP) is 0.104. The lowest BCUT2D eigenvalue weighted by Gasteiger charge is -2.26. The minimum absolute atomic E-state index is 0.00885. The van der Waals surface area contributed by atoms with Crippen LogP contribution in [0.3, 0.4) is 0 Å². The second-order valence-electron chi connectivity index (χ2n) is 3.21. The number of nitrogens with zero attached hydrogens (tertiary/aromatic N) is 1. The highest BCUT2D eigenvalue weighted by molar-refractivity contribution is 9.11. The van der Waals surface area contributed by atoms with Crippen LogP contribution in [0.25, 0.3) is 0 Å². The molecule has 1 rings (SSSR count). The number of hydrogen-bond donors (Lipinski definition) is 2. The third-order valence-electron chi connectivity index (χ3n) is 1.82. The van der Waals surface area contributed by atoms with Gasteiger partial charge in [0.25, 0.3) is 0 Å². The zero-order valence-electron chi connectivity index (χ0n) is 9.18. The molecule has 0 spiro atoms. The molecule has 7 nitrogen and oxygen atoms in total. The van der Waals surface area contributed by atoms with Gasteiger partial charge in [0.15, 0.2) is 6.23 Å². The molecule has 0 aliphatic carbocycles. The van der Waals surface area contributed by atoms with Crippen LogP contribution in [0.15, 0.2) is 10.7 Å². The summed E-state index contributed by atoms with van der Waals surface area (Å²) in [6, 6.07) is -0.465. The standard InChI is InChI=1S/C9H13BrN2O5/c1-6(13)17-3-2-16-5-12-4-7(10)8(14)11-9(12)15/h4,8,14H,2-3,5H2,1H3,(H,11,15). The van der Waals surface area contributed by atoms with Gasteiger partial charge in [-0.1, -0.05) is 0 Å². The van der Waals surface area contributed by atoms with Crippen LogP contribution in [-0.4, -0.2) is 48.2 Å². The molecular weight excluding hydrogens is 296 g/mol. The largest absolute Gasteiger partial charge is 0.463 e. The van der Waals surface area contributed by atoms with Crippen LogP contribution in [-0.2, 0) is 14.3 Å². The Bertz CT molecular complexity index is 333. The molecular formula is C9H13BrN2O5. The van der Waals surface area contributed by atoms with E-state index in [2.05, 4.69) is 26.0 Å². The Morgan fingerprint density at radius 3 is 3.00 bits per heavy atom. The van der Waals surface area contributed by atoms with Crippen LogP contribution in [0.5, 0.6) is 0 Å². The van der Waals surface area contributed by atoms with Gasteiger partial charge in [0.05, 0.1) is 11.1 Å². The van der Waals surface area contributed by atoms with Crippen LogP contribution in [0.4, 0.5) is 4.79 Å². The number of aliphatic hydroxyl groups excluding tert-OH is 1. The Kier molecular flexibility index (Phi) is 5.39. The molecule has 2 N–H and O–H groups in total. The van der Waals surface area contributed by atoms with Crippen molar-refractivity contribution in [2.75, 3.05) is 19.9 Å². The number of rotatable bonds is 5. The van der Waals surface area contributed by atoms with Gasteiger partial charge in [-0.25, -0.2) is 4.79 Å². The highest BCUT2D eigenvalue weighted by Gasteiger charge is 2.23. The van der Waals surface area contributed by atoms with Crippen molar-refractivity contribution in [3.63, 3.8) is 0 Å². The van der Waals surface area contributed by atoms with E-state index in [1.54, 1.807) is 0 Å². The summed E-state index contributed by atoms with van der Waals surface area (Å²) in [6.45, 7) is 1.64. The number of hydrogen-bond acceptors (Lipinski definition) is 5. The number of amides is 2. The number of urea groups is 1. The van der Waals surface area contributed by atoms with E-state index < -0.39 is 12.3 Å². The number of esters is 1. The fourth-order valence-corrected chi connectivity index (χ4v) is 1.41. The van der Waals surface area contributed by atoms with Crippen LogP contribution in [0.2, 0.25) is 0 Å². The molecule has 0 aromatic rings. The zero-order valence-corrected chi connectivity index (χ0v) is 10.8. The first-order chi connectivity index (χ1) is 8.00. The molecule has 2 amide bonds. The minimum atomic E-state index is -1.03. The van der Waals surface area contributed by atoms with Crippen molar-refractivity contribution >= 4 is 27.9 Å². The van der Waals surface area contributed by atoms with E-state index in [0.717, 1.165) is 0 Å². The van der Waals surface area contributed by atoms with E-state index in [1.807, 2.05) is 0 Å². The molecule has 0 saturated carbocycles. The normalized spacial score (nSPS) is 19.7. The van der Waals surface area contributed by atoms with Crippen molar-refractivity contribution in [1.29, 1.82) is 0 Å². The molecule has 1 aliphatic rings. The van der Waals surface area contributed by atoms with Crippen LogP contribution in [0, 0.1) is 0 Å². The van der Waals surface area contributed by atoms with Crippen molar-refractivity contribution in [3.05, 3.63) is 10.7 Å². The average Bonchev–Trinajstić information content (AvgIpc) is 2.24. The maximum atomic E-state index is 11.3. The van der Waals surface area contributed by atoms with Crippen molar-refractivity contribution in [2.24, 2.45) is 0 Å². The Balaban J connectivity index is 2.27. The summed E-state index contributed by atoms with van der Waals surface area (Å²) >= 11 is 3.09. The Morgan fingerprint density at radius 1 is 1.65 bits per heavy atom. The van der Waals surface area contributed by atoms with E-state index in [4.69, 9.17) is 4.74 Å². The van der Waals surface area contributed by atoms with Gasteiger partial charge in [0, 0.05) is 13.1 Å². The van der Waals surface area contributed by atoms with E-state index in [9.17, 15) is 14.7 Å². The monoisotopic (exact) mass is 308 g/mol. The first-order valence-corrected chi connectivity index (χ1v) is 5.63. The highest BCUT2D eigenvalue weighted by atomic mass is 79.9. The maximum absolute atomic E-state index is 11.3. The first-order valence-electron chi connectivity index (χ1n) is 4.84. The molecule has 0 aromatic heterocycles. The van der Waals surface area contributed by atoms with Crippen molar-refractivity contribution < 1.29 is 24.2 Å². The molecule has 17 heavy (non-hydrogen) atoms. The molecule has 1 aliphatic heterocycles. The van der Waals surface area contributed by atoms with Gasteiger partial charge in [0.2, 0.25) is 0 Å². The molecule has 96 valence electrons. The molecule has 8 heteroatoms. The third-order valence-corrected chi connectivity index (χ3v) is 2.46. The van der Waals surface area contributed by atoms with Crippen LogP contribution in [0.1, 0.15) is 6.92 Å². The molecule has 0 aromatic carbocycles. The molecule has 1 heterocycles. The number of halogens is 1.